The van der Waals surface area contributed by atoms with Crippen molar-refractivity contribution in [1.29, 1.82) is 0 Å². The SMILES string of the molecule is CCC(CCl)(CCl)CCC(C)(C)OC. The normalized spacial score (nSPS) is 13.3. The molecule has 0 rings (SSSR count). The Bertz CT molecular complexity index is 145. The zero-order valence-corrected chi connectivity index (χ0v) is 11.2. The highest BCUT2D eigenvalue weighted by atomic mass is 35.5. The molecule has 0 N–H and O–H groups in total. The van der Waals surface area contributed by atoms with Crippen molar-refractivity contribution >= 4 is 23.2 Å². The molecule has 0 saturated carbocycles. The summed E-state index contributed by atoms with van der Waals surface area (Å²) in [6, 6.07) is 0. The number of halogens is 2. The number of ether oxygens (including phenoxy) is 1. The van der Waals surface area contributed by atoms with Crippen LogP contribution in [0.1, 0.15) is 40.0 Å². The highest BCUT2D eigenvalue weighted by molar-refractivity contribution is 6.21. The maximum absolute atomic E-state index is 5.97. The van der Waals surface area contributed by atoms with E-state index in [0.29, 0.717) is 11.8 Å². The summed E-state index contributed by atoms with van der Waals surface area (Å²) in [6.07, 6.45) is 3.05. The van der Waals surface area contributed by atoms with Gasteiger partial charge in [0.1, 0.15) is 0 Å². The van der Waals surface area contributed by atoms with Gasteiger partial charge < -0.3 is 4.74 Å². The maximum Gasteiger partial charge on any atom is 0.0623 e. The minimum atomic E-state index is -0.0709. The van der Waals surface area contributed by atoms with Crippen molar-refractivity contribution < 1.29 is 4.74 Å². The summed E-state index contributed by atoms with van der Waals surface area (Å²) < 4.78 is 5.38. The van der Waals surface area contributed by atoms with Crippen LogP contribution in [0, 0.1) is 5.41 Å². The molecule has 0 aromatic carbocycles. The van der Waals surface area contributed by atoms with E-state index in [2.05, 4.69) is 20.8 Å². The fourth-order valence-electron chi connectivity index (χ4n) is 1.20. The molecule has 14 heavy (non-hydrogen) atoms. The number of alkyl halides is 2. The van der Waals surface area contributed by atoms with E-state index >= 15 is 0 Å². The molecule has 0 aliphatic heterocycles. The molecule has 0 spiro atoms. The van der Waals surface area contributed by atoms with Gasteiger partial charge in [0.15, 0.2) is 0 Å². The smallest absolute Gasteiger partial charge is 0.0623 e. The quantitative estimate of drug-likeness (QED) is 0.610. The van der Waals surface area contributed by atoms with E-state index in [1.54, 1.807) is 7.11 Å². The second-order valence-electron chi connectivity index (χ2n) is 4.58. The molecule has 0 aromatic rings. The molecule has 0 bridgehead atoms. The predicted octanol–water partition coefficient (Wildman–Crippen LogP) is 4.07. The number of rotatable bonds is 7. The van der Waals surface area contributed by atoms with Crippen LogP contribution in [0.5, 0.6) is 0 Å². The lowest BCUT2D eigenvalue weighted by atomic mass is 9.81. The highest BCUT2D eigenvalue weighted by Crippen LogP contribution is 2.34. The van der Waals surface area contributed by atoms with E-state index in [1.165, 1.54) is 0 Å². The van der Waals surface area contributed by atoms with Gasteiger partial charge in [0.2, 0.25) is 0 Å². The van der Waals surface area contributed by atoms with Crippen molar-refractivity contribution in [2.45, 2.75) is 45.6 Å². The zero-order chi connectivity index (χ0) is 11.2. The van der Waals surface area contributed by atoms with Gasteiger partial charge in [-0.3, -0.25) is 0 Å². The lowest BCUT2D eigenvalue weighted by Crippen LogP contribution is -2.30. The summed E-state index contributed by atoms with van der Waals surface area (Å²) in [5, 5.41) is 0. The fourth-order valence-corrected chi connectivity index (χ4v) is 2.13. The molecule has 0 unspecified atom stereocenters. The molecule has 86 valence electrons. The van der Waals surface area contributed by atoms with Crippen LogP contribution in [0.2, 0.25) is 0 Å². The Hall–Kier alpha value is 0.540. The van der Waals surface area contributed by atoms with Crippen molar-refractivity contribution in [2.75, 3.05) is 18.9 Å². The molecule has 0 aliphatic carbocycles. The van der Waals surface area contributed by atoms with Crippen LogP contribution >= 0.6 is 23.2 Å². The monoisotopic (exact) mass is 240 g/mol. The van der Waals surface area contributed by atoms with Gasteiger partial charge in [-0.1, -0.05) is 6.92 Å². The standard InChI is InChI=1S/C11H22Cl2O/c1-5-11(8-12,9-13)7-6-10(2,3)14-4/h5-9H2,1-4H3. The van der Waals surface area contributed by atoms with E-state index < -0.39 is 0 Å². The summed E-state index contributed by atoms with van der Waals surface area (Å²) in [5.41, 5.74) is 0.0114. The lowest BCUT2D eigenvalue weighted by Gasteiger charge is -2.32. The molecule has 0 radical (unpaired) electrons. The van der Waals surface area contributed by atoms with E-state index in [0.717, 1.165) is 19.3 Å². The Balaban J connectivity index is 4.19. The first-order valence-electron chi connectivity index (χ1n) is 5.12. The maximum atomic E-state index is 5.97. The van der Waals surface area contributed by atoms with Gasteiger partial charge in [-0.25, -0.2) is 0 Å². The summed E-state index contributed by atoms with van der Waals surface area (Å²) in [5.74, 6) is 1.26. The second kappa shape index (κ2) is 6.19. The van der Waals surface area contributed by atoms with Crippen LogP contribution in [-0.2, 0) is 4.74 Å². The van der Waals surface area contributed by atoms with Crippen LogP contribution in [0.15, 0.2) is 0 Å². The van der Waals surface area contributed by atoms with Crippen LogP contribution in [0.4, 0.5) is 0 Å². The zero-order valence-electron chi connectivity index (χ0n) is 9.70. The van der Waals surface area contributed by atoms with E-state index in [-0.39, 0.29) is 11.0 Å². The lowest BCUT2D eigenvalue weighted by molar-refractivity contribution is 0.00610. The van der Waals surface area contributed by atoms with Gasteiger partial charge in [-0.2, -0.15) is 0 Å². The molecule has 0 heterocycles. The second-order valence-corrected chi connectivity index (χ2v) is 5.12. The van der Waals surface area contributed by atoms with Gasteiger partial charge in [-0.05, 0) is 38.5 Å². The molecule has 0 atom stereocenters. The van der Waals surface area contributed by atoms with Gasteiger partial charge in [0.05, 0.1) is 5.60 Å². The van der Waals surface area contributed by atoms with Crippen LogP contribution in [0.25, 0.3) is 0 Å². The van der Waals surface area contributed by atoms with Crippen molar-refractivity contribution in [2.24, 2.45) is 5.41 Å². The molecular formula is C11H22Cl2O. The third-order valence-corrected chi connectivity index (χ3v) is 4.26. The van der Waals surface area contributed by atoms with Crippen LogP contribution in [0.3, 0.4) is 0 Å². The molecule has 0 fully saturated rings. The predicted molar refractivity (Wildman–Crippen MR) is 64.5 cm³/mol. The van der Waals surface area contributed by atoms with Crippen molar-refractivity contribution in [1.82, 2.24) is 0 Å². The summed E-state index contributed by atoms with van der Waals surface area (Å²) in [4.78, 5) is 0. The topological polar surface area (TPSA) is 9.23 Å². The van der Waals surface area contributed by atoms with Crippen LogP contribution in [-0.4, -0.2) is 24.5 Å². The molecule has 0 saturated heterocycles. The molecule has 3 heteroatoms. The van der Waals surface area contributed by atoms with Crippen molar-refractivity contribution in [3.63, 3.8) is 0 Å². The van der Waals surface area contributed by atoms with E-state index in [1.807, 2.05) is 0 Å². The fraction of sp³-hybridized carbons (Fsp3) is 1.00. The first-order chi connectivity index (χ1) is 6.45. The Kier molecular flexibility index (Phi) is 6.43. The Morgan fingerprint density at radius 2 is 1.57 bits per heavy atom. The van der Waals surface area contributed by atoms with Crippen molar-refractivity contribution in [3.05, 3.63) is 0 Å². The summed E-state index contributed by atoms with van der Waals surface area (Å²) in [7, 11) is 1.75. The van der Waals surface area contributed by atoms with Crippen LogP contribution < -0.4 is 0 Å². The number of hydrogen-bond acceptors (Lipinski definition) is 1. The first kappa shape index (κ1) is 14.5. The Labute approximate surface area is 98.1 Å². The molecule has 0 aromatic heterocycles. The molecule has 0 aliphatic rings. The van der Waals surface area contributed by atoms with Gasteiger partial charge in [-0.15, -0.1) is 23.2 Å². The Morgan fingerprint density at radius 1 is 1.07 bits per heavy atom. The molecular weight excluding hydrogens is 219 g/mol. The highest BCUT2D eigenvalue weighted by Gasteiger charge is 2.29. The average molecular weight is 241 g/mol. The molecule has 1 nitrogen and oxygen atoms in total. The number of methoxy groups -OCH3 is 1. The molecule has 0 amide bonds. The van der Waals surface area contributed by atoms with Gasteiger partial charge in [0.25, 0.3) is 0 Å². The third-order valence-electron chi connectivity index (χ3n) is 3.13. The minimum absolute atomic E-state index is 0.0709. The van der Waals surface area contributed by atoms with E-state index in [4.69, 9.17) is 27.9 Å². The minimum Gasteiger partial charge on any atom is -0.379 e. The average Bonchev–Trinajstić information content (AvgIpc) is 2.21. The van der Waals surface area contributed by atoms with Crippen molar-refractivity contribution in [3.8, 4) is 0 Å². The third kappa shape index (κ3) is 4.37. The summed E-state index contributed by atoms with van der Waals surface area (Å²) in [6.45, 7) is 6.33. The largest absolute Gasteiger partial charge is 0.379 e. The van der Waals surface area contributed by atoms with Gasteiger partial charge >= 0.3 is 0 Å². The Morgan fingerprint density at radius 3 is 1.86 bits per heavy atom. The first-order valence-corrected chi connectivity index (χ1v) is 6.19. The summed E-state index contributed by atoms with van der Waals surface area (Å²) >= 11 is 11.9. The van der Waals surface area contributed by atoms with E-state index in [9.17, 15) is 0 Å². The van der Waals surface area contributed by atoms with Gasteiger partial charge in [0, 0.05) is 18.9 Å². The number of hydrogen-bond donors (Lipinski definition) is 0.